The summed E-state index contributed by atoms with van der Waals surface area (Å²) >= 11 is 0. The molecule has 0 spiro atoms. The Morgan fingerprint density at radius 2 is 2.00 bits per heavy atom. The summed E-state index contributed by atoms with van der Waals surface area (Å²) in [7, 11) is 0. The smallest absolute Gasteiger partial charge is 0.217 e. The molecule has 0 radical (unpaired) electrons. The summed E-state index contributed by atoms with van der Waals surface area (Å²) < 4.78 is 13.4. The third-order valence-electron chi connectivity index (χ3n) is 3.30. The average Bonchev–Trinajstić information content (AvgIpc) is 2.30. The molecule has 0 bridgehead atoms. The van der Waals surface area contributed by atoms with E-state index in [9.17, 15) is 4.39 Å². The van der Waals surface area contributed by atoms with Crippen LogP contribution in [0.1, 0.15) is 43.7 Å². The van der Waals surface area contributed by atoms with Crippen molar-refractivity contribution in [1.82, 2.24) is 4.98 Å². The molecule has 2 nitrogen and oxygen atoms in total. The topological polar surface area (TPSA) is 38.9 Å². The van der Waals surface area contributed by atoms with Gasteiger partial charge in [-0.3, -0.25) is 0 Å². The molecule has 1 aliphatic carbocycles. The van der Waals surface area contributed by atoms with E-state index in [0.29, 0.717) is 11.5 Å². The van der Waals surface area contributed by atoms with Crippen molar-refractivity contribution in [3.63, 3.8) is 0 Å². The van der Waals surface area contributed by atoms with E-state index in [0.717, 1.165) is 12.8 Å². The molecule has 90 valence electrons. The summed E-state index contributed by atoms with van der Waals surface area (Å²) in [6.07, 6.45) is 7.44. The van der Waals surface area contributed by atoms with E-state index in [2.05, 4.69) is 4.98 Å². The normalized spacial score (nSPS) is 18.9. The second-order valence-corrected chi connectivity index (χ2v) is 4.31. The lowest BCUT2D eigenvalue weighted by atomic mass is 9.82. The molecule has 1 heterocycles. The Bertz CT molecular complexity index is 327. The second-order valence-electron chi connectivity index (χ2n) is 4.31. The zero-order valence-electron chi connectivity index (χ0n) is 9.23. The van der Waals surface area contributed by atoms with Gasteiger partial charge >= 0.3 is 0 Å². The maximum atomic E-state index is 13.4. The van der Waals surface area contributed by atoms with Crippen LogP contribution in [0, 0.1) is 11.9 Å². The van der Waals surface area contributed by atoms with Gasteiger partial charge in [0.25, 0.3) is 0 Å². The van der Waals surface area contributed by atoms with Crippen LogP contribution >= 0.6 is 12.4 Å². The first-order valence-corrected chi connectivity index (χ1v) is 5.65. The zero-order chi connectivity index (χ0) is 10.7. The number of nitrogens with zero attached hydrogens (tertiary/aromatic N) is 1. The number of pyridine rings is 1. The number of nitrogens with two attached hydrogens (primary N) is 1. The minimum absolute atomic E-state index is 0. The van der Waals surface area contributed by atoms with Crippen LogP contribution in [0.2, 0.25) is 0 Å². The lowest BCUT2D eigenvalue weighted by Gasteiger charge is -2.27. The van der Waals surface area contributed by atoms with Crippen molar-refractivity contribution in [1.29, 1.82) is 0 Å². The molecular weight excluding hydrogens is 227 g/mol. The van der Waals surface area contributed by atoms with Crippen molar-refractivity contribution in [2.24, 2.45) is 11.7 Å². The van der Waals surface area contributed by atoms with Crippen LogP contribution in [-0.2, 0) is 0 Å². The van der Waals surface area contributed by atoms with E-state index in [1.165, 1.54) is 25.5 Å². The lowest BCUT2D eigenvalue weighted by Crippen LogP contribution is -2.24. The van der Waals surface area contributed by atoms with Crippen LogP contribution in [0.25, 0.3) is 0 Å². The Morgan fingerprint density at radius 1 is 1.31 bits per heavy atom. The van der Waals surface area contributed by atoms with Gasteiger partial charge in [-0.25, -0.2) is 4.98 Å². The summed E-state index contributed by atoms with van der Waals surface area (Å²) in [6.45, 7) is 0. The van der Waals surface area contributed by atoms with E-state index in [1.54, 1.807) is 12.1 Å². The molecule has 1 atom stereocenters. The molecule has 0 aromatic carbocycles. The van der Waals surface area contributed by atoms with Crippen LogP contribution < -0.4 is 5.73 Å². The predicted octanol–water partition coefficient (Wildman–Crippen LogP) is 3.22. The van der Waals surface area contributed by atoms with Gasteiger partial charge in [0.05, 0.1) is 0 Å². The SMILES string of the molecule is Cl.N[C@H](c1cccnc1F)C1CCCCC1. The number of rotatable bonds is 2. The summed E-state index contributed by atoms with van der Waals surface area (Å²) in [5.74, 6) is 0.0213. The largest absolute Gasteiger partial charge is 0.324 e. The zero-order valence-corrected chi connectivity index (χ0v) is 10.0. The molecule has 1 aromatic rings. The Kier molecular flexibility index (Phi) is 5.16. The molecule has 1 saturated carbocycles. The molecule has 0 saturated heterocycles. The Balaban J connectivity index is 0.00000128. The van der Waals surface area contributed by atoms with Crippen molar-refractivity contribution < 1.29 is 4.39 Å². The average molecular weight is 245 g/mol. The summed E-state index contributed by atoms with van der Waals surface area (Å²) in [5, 5.41) is 0. The van der Waals surface area contributed by atoms with Crippen molar-refractivity contribution in [3.8, 4) is 0 Å². The Morgan fingerprint density at radius 3 is 2.62 bits per heavy atom. The fraction of sp³-hybridized carbons (Fsp3) is 0.583. The Labute approximate surface area is 102 Å². The van der Waals surface area contributed by atoms with Gasteiger partial charge in [0.15, 0.2) is 0 Å². The fourth-order valence-corrected chi connectivity index (χ4v) is 2.39. The van der Waals surface area contributed by atoms with Crippen LogP contribution in [0.15, 0.2) is 18.3 Å². The van der Waals surface area contributed by atoms with Crippen LogP contribution in [0.5, 0.6) is 0 Å². The van der Waals surface area contributed by atoms with Crippen LogP contribution in [0.4, 0.5) is 4.39 Å². The molecule has 1 aromatic heterocycles. The summed E-state index contributed by atoms with van der Waals surface area (Å²) in [6, 6.07) is 3.32. The highest BCUT2D eigenvalue weighted by Gasteiger charge is 2.23. The number of aromatic nitrogens is 1. The van der Waals surface area contributed by atoms with Gasteiger partial charge in [0, 0.05) is 17.8 Å². The van der Waals surface area contributed by atoms with Crippen molar-refractivity contribution in [2.45, 2.75) is 38.1 Å². The van der Waals surface area contributed by atoms with Crippen LogP contribution in [0.3, 0.4) is 0 Å². The minimum atomic E-state index is -0.407. The van der Waals surface area contributed by atoms with Gasteiger partial charge < -0.3 is 5.73 Å². The van der Waals surface area contributed by atoms with Crippen molar-refractivity contribution >= 4 is 12.4 Å². The van der Waals surface area contributed by atoms with Crippen LogP contribution in [-0.4, -0.2) is 4.98 Å². The molecule has 0 aliphatic heterocycles. The molecule has 2 N–H and O–H groups in total. The van der Waals surface area contributed by atoms with Crippen molar-refractivity contribution in [3.05, 3.63) is 29.8 Å². The Hall–Kier alpha value is -0.670. The van der Waals surface area contributed by atoms with Gasteiger partial charge in [0.2, 0.25) is 5.95 Å². The monoisotopic (exact) mass is 244 g/mol. The lowest BCUT2D eigenvalue weighted by molar-refractivity contribution is 0.302. The molecule has 16 heavy (non-hydrogen) atoms. The van der Waals surface area contributed by atoms with Crippen molar-refractivity contribution in [2.75, 3.05) is 0 Å². The van der Waals surface area contributed by atoms with E-state index >= 15 is 0 Å². The maximum Gasteiger partial charge on any atom is 0.217 e. The molecule has 1 aliphatic rings. The van der Waals surface area contributed by atoms with Gasteiger partial charge in [-0.15, -0.1) is 12.4 Å². The molecule has 2 rings (SSSR count). The van der Waals surface area contributed by atoms with Gasteiger partial charge in [0.1, 0.15) is 0 Å². The molecular formula is C12H18ClFN2. The quantitative estimate of drug-likeness (QED) is 0.812. The number of hydrogen-bond acceptors (Lipinski definition) is 2. The highest BCUT2D eigenvalue weighted by Crippen LogP contribution is 2.33. The van der Waals surface area contributed by atoms with E-state index < -0.39 is 5.95 Å². The fourth-order valence-electron chi connectivity index (χ4n) is 2.39. The third-order valence-corrected chi connectivity index (χ3v) is 3.30. The molecule has 0 unspecified atom stereocenters. The first-order valence-electron chi connectivity index (χ1n) is 5.65. The summed E-state index contributed by atoms with van der Waals surface area (Å²) in [4.78, 5) is 3.65. The summed E-state index contributed by atoms with van der Waals surface area (Å²) in [5.41, 5.74) is 6.66. The predicted molar refractivity (Wildman–Crippen MR) is 64.9 cm³/mol. The first-order chi connectivity index (χ1) is 7.29. The van der Waals surface area contributed by atoms with Gasteiger partial charge in [-0.2, -0.15) is 4.39 Å². The van der Waals surface area contributed by atoms with Gasteiger partial charge in [-0.1, -0.05) is 25.3 Å². The highest BCUT2D eigenvalue weighted by molar-refractivity contribution is 5.85. The van der Waals surface area contributed by atoms with E-state index in [1.807, 2.05) is 0 Å². The number of halogens is 2. The first kappa shape index (κ1) is 13.4. The molecule has 4 heteroatoms. The minimum Gasteiger partial charge on any atom is -0.324 e. The highest BCUT2D eigenvalue weighted by atomic mass is 35.5. The molecule has 0 amide bonds. The maximum absolute atomic E-state index is 13.4. The van der Waals surface area contributed by atoms with E-state index in [4.69, 9.17) is 5.73 Å². The second kappa shape index (κ2) is 6.16. The van der Waals surface area contributed by atoms with E-state index in [-0.39, 0.29) is 18.4 Å². The number of hydrogen-bond donors (Lipinski definition) is 1. The van der Waals surface area contributed by atoms with Gasteiger partial charge in [-0.05, 0) is 24.8 Å². The third kappa shape index (κ3) is 2.92. The standard InChI is InChI=1S/C12H17FN2.ClH/c13-12-10(7-4-8-15-12)11(14)9-5-2-1-3-6-9;/h4,7-9,11H,1-3,5-6,14H2;1H/t11-;/m0./s1. The molecule has 1 fully saturated rings.